The minimum atomic E-state index is 0.808. The molecule has 1 aromatic heterocycles. The second-order valence-electron chi connectivity index (χ2n) is 3.74. The van der Waals surface area contributed by atoms with Gasteiger partial charge in [-0.3, -0.25) is 0 Å². The van der Waals surface area contributed by atoms with Crippen LogP contribution in [0.1, 0.15) is 10.4 Å². The van der Waals surface area contributed by atoms with Crippen molar-refractivity contribution in [2.24, 2.45) is 0 Å². The SMILES string of the molecule is Clc1cc(Br)ccc1CNCCc1cccs1. The molecule has 0 aliphatic carbocycles. The van der Waals surface area contributed by atoms with Gasteiger partial charge in [-0.2, -0.15) is 0 Å². The number of rotatable bonds is 5. The van der Waals surface area contributed by atoms with Crippen molar-refractivity contribution in [3.8, 4) is 0 Å². The van der Waals surface area contributed by atoms with Crippen molar-refractivity contribution in [1.82, 2.24) is 5.32 Å². The lowest BCUT2D eigenvalue weighted by Crippen LogP contribution is -2.16. The van der Waals surface area contributed by atoms with Gasteiger partial charge in [-0.15, -0.1) is 11.3 Å². The Balaban J connectivity index is 1.78. The van der Waals surface area contributed by atoms with E-state index in [4.69, 9.17) is 11.6 Å². The van der Waals surface area contributed by atoms with Gasteiger partial charge in [-0.1, -0.05) is 39.7 Å². The molecule has 0 aliphatic rings. The van der Waals surface area contributed by atoms with Crippen molar-refractivity contribution >= 4 is 38.9 Å². The van der Waals surface area contributed by atoms with Crippen molar-refractivity contribution in [2.75, 3.05) is 6.54 Å². The second kappa shape index (κ2) is 6.55. The summed E-state index contributed by atoms with van der Waals surface area (Å²) in [5, 5.41) is 6.33. The molecule has 0 atom stereocenters. The predicted octanol–water partition coefficient (Wildman–Crippen LogP) is 4.50. The first-order valence-electron chi connectivity index (χ1n) is 5.43. The highest BCUT2D eigenvalue weighted by Gasteiger charge is 2.00. The van der Waals surface area contributed by atoms with Gasteiger partial charge in [0.15, 0.2) is 0 Å². The van der Waals surface area contributed by atoms with Gasteiger partial charge in [-0.05, 0) is 35.6 Å². The van der Waals surface area contributed by atoms with E-state index in [1.54, 1.807) is 11.3 Å². The number of nitrogens with one attached hydrogen (secondary N) is 1. The first-order valence-corrected chi connectivity index (χ1v) is 7.48. The summed E-state index contributed by atoms with van der Waals surface area (Å²) in [4.78, 5) is 1.42. The maximum Gasteiger partial charge on any atom is 0.0462 e. The van der Waals surface area contributed by atoms with Crippen LogP contribution in [-0.2, 0) is 13.0 Å². The Kier molecular flexibility index (Phi) is 5.04. The average molecular weight is 331 g/mol. The van der Waals surface area contributed by atoms with Crippen LogP contribution in [0.15, 0.2) is 40.2 Å². The summed E-state index contributed by atoms with van der Waals surface area (Å²) in [6.45, 7) is 1.80. The highest BCUT2D eigenvalue weighted by atomic mass is 79.9. The lowest BCUT2D eigenvalue weighted by atomic mass is 10.2. The lowest BCUT2D eigenvalue weighted by molar-refractivity contribution is 0.691. The van der Waals surface area contributed by atoms with E-state index in [0.29, 0.717) is 0 Å². The quantitative estimate of drug-likeness (QED) is 0.796. The van der Waals surface area contributed by atoms with E-state index < -0.39 is 0 Å². The molecule has 0 radical (unpaired) electrons. The predicted molar refractivity (Wildman–Crippen MR) is 78.9 cm³/mol. The highest BCUT2D eigenvalue weighted by Crippen LogP contribution is 2.21. The lowest BCUT2D eigenvalue weighted by Gasteiger charge is -2.06. The van der Waals surface area contributed by atoms with Gasteiger partial charge in [0.2, 0.25) is 0 Å². The van der Waals surface area contributed by atoms with Crippen LogP contribution in [0.3, 0.4) is 0 Å². The molecule has 0 aliphatic heterocycles. The molecular weight excluding hydrogens is 318 g/mol. The number of halogens is 2. The topological polar surface area (TPSA) is 12.0 Å². The third-order valence-electron chi connectivity index (χ3n) is 2.46. The Morgan fingerprint density at radius 3 is 2.88 bits per heavy atom. The molecule has 4 heteroatoms. The fourth-order valence-corrected chi connectivity index (χ4v) is 3.00. The number of hydrogen-bond donors (Lipinski definition) is 1. The maximum absolute atomic E-state index is 6.14. The van der Waals surface area contributed by atoms with Crippen LogP contribution in [0.4, 0.5) is 0 Å². The zero-order valence-electron chi connectivity index (χ0n) is 9.25. The fourth-order valence-electron chi connectivity index (χ4n) is 1.55. The summed E-state index contributed by atoms with van der Waals surface area (Å²) in [5.41, 5.74) is 1.14. The van der Waals surface area contributed by atoms with Gasteiger partial charge < -0.3 is 5.32 Å². The highest BCUT2D eigenvalue weighted by molar-refractivity contribution is 9.10. The number of thiophene rings is 1. The molecule has 0 spiro atoms. The minimum absolute atomic E-state index is 0.808. The van der Waals surface area contributed by atoms with Crippen molar-refractivity contribution in [1.29, 1.82) is 0 Å². The van der Waals surface area contributed by atoms with E-state index in [2.05, 4.69) is 38.8 Å². The summed E-state index contributed by atoms with van der Waals surface area (Å²) in [6.07, 6.45) is 1.08. The first kappa shape index (κ1) is 13.1. The molecule has 0 amide bonds. The number of hydrogen-bond acceptors (Lipinski definition) is 2. The van der Waals surface area contributed by atoms with Crippen LogP contribution >= 0.6 is 38.9 Å². The van der Waals surface area contributed by atoms with Crippen LogP contribution in [0, 0.1) is 0 Å². The Labute approximate surface area is 119 Å². The molecule has 1 aromatic carbocycles. The molecule has 0 bridgehead atoms. The zero-order chi connectivity index (χ0) is 12.1. The minimum Gasteiger partial charge on any atom is -0.312 e. The van der Waals surface area contributed by atoms with Crippen molar-refractivity contribution < 1.29 is 0 Å². The fraction of sp³-hybridized carbons (Fsp3) is 0.231. The van der Waals surface area contributed by atoms with E-state index in [0.717, 1.165) is 34.6 Å². The molecule has 0 fully saturated rings. The van der Waals surface area contributed by atoms with Crippen LogP contribution < -0.4 is 5.32 Å². The summed E-state index contributed by atoms with van der Waals surface area (Å²) in [6, 6.07) is 10.2. The first-order chi connectivity index (χ1) is 8.25. The van der Waals surface area contributed by atoms with Crippen LogP contribution in [0.25, 0.3) is 0 Å². The molecule has 0 saturated carbocycles. The summed E-state index contributed by atoms with van der Waals surface area (Å²) < 4.78 is 1.02. The summed E-state index contributed by atoms with van der Waals surface area (Å²) in [5.74, 6) is 0. The zero-order valence-corrected chi connectivity index (χ0v) is 12.4. The van der Waals surface area contributed by atoms with Gasteiger partial charge in [0.05, 0.1) is 0 Å². The molecule has 17 heavy (non-hydrogen) atoms. The van der Waals surface area contributed by atoms with Gasteiger partial charge >= 0.3 is 0 Å². The van der Waals surface area contributed by atoms with Crippen LogP contribution in [0.2, 0.25) is 5.02 Å². The molecule has 90 valence electrons. The van der Waals surface area contributed by atoms with Gasteiger partial charge in [-0.25, -0.2) is 0 Å². The van der Waals surface area contributed by atoms with Gasteiger partial charge in [0, 0.05) is 27.5 Å². The average Bonchev–Trinajstić information content (AvgIpc) is 2.79. The maximum atomic E-state index is 6.14. The molecule has 1 heterocycles. The Morgan fingerprint density at radius 1 is 1.29 bits per heavy atom. The van der Waals surface area contributed by atoms with Gasteiger partial charge in [0.1, 0.15) is 0 Å². The van der Waals surface area contributed by atoms with Crippen LogP contribution in [0.5, 0.6) is 0 Å². The molecular formula is C13H13BrClNS. The monoisotopic (exact) mass is 329 g/mol. The molecule has 0 unspecified atom stereocenters. The Bertz CT molecular complexity index is 470. The molecule has 0 saturated heterocycles. The largest absolute Gasteiger partial charge is 0.312 e. The van der Waals surface area contributed by atoms with Gasteiger partial charge in [0.25, 0.3) is 0 Å². The summed E-state index contributed by atoms with van der Waals surface area (Å²) >= 11 is 11.3. The van der Waals surface area contributed by atoms with E-state index >= 15 is 0 Å². The standard InChI is InChI=1S/C13H13BrClNS/c14-11-4-3-10(13(15)8-11)9-16-6-5-12-2-1-7-17-12/h1-4,7-8,16H,5-6,9H2. The molecule has 2 rings (SSSR count). The van der Waals surface area contributed by atoms with E-state index in [1.807, 2.05) is 18.2 Å². The Morgan fingerprint density at radius 2 is 2.18 bits per heavy atom. The summed E-state index contributed by atoms with van der Waals surface area (Å²) in [7, 11) is 0. The molecule has 1 N–H and O–H groups in total. The van der Waals surface area contributed by atoms with Crippen molar-refractivity contribution in [3.63, 3.8) is 0 Å². The third-order valence-corrected chi connectivity index (χ3v) is 4.24. The normalized spacial score (nSPS) is 10.7. The van der Waals surface area contributed by atoms with E-state index in [9.17, 15) is 0 Å². The second-order valence-corrected chi connectivity index (χ2v) is 6.10. The van der Waals surface area contributed by atoms with Crippen molar-refractivity contribution in [3.05, 3.63) is 55.6 Å². The smallest absolute Gasteiger partial charge is 0.0462 e. The van der Waals surface area contributed by atoms with Crippen LogP contribution in [-0.4, -0.2) is 6.54 Å². The Hall–Kier alpha value is -0.350. The molecule has 2 aromatic rings. The van der Waals surface area contributed by atoms with Crippen molar-refractivity contribution in [2.45, 2.75) is 13.0 Å². The third kappa shape index (κ3) is 4.11. The number of benzene rings is 1. The van der Waals surface area contributed by atoms with E-state index in [1.165, 1.54) is 4.88 Å². The molecule has 1 nitrogen and oxygen atoms in total. The van der Waals surface area contributed by atoms with E-state index in [-0.39, 0.29) is 0 Å².